The molecular formula is C22H25N3O4S. The molecule has 2 aromatic carbocycles. The molecule has 0 aliphatic heterocycles. The number of H-pyrrole nitrogens is 1. The summed E-state index contributed by atoms with van der Waals surface area (Å²) in [5.41, 5.74) is 1.87. The number of hydrogen-bond donors (Lipinski definition) is 2. The van der Waals surface area contributed by atoms with E-state index >= 15 is 0 Å². The first-order valence-electron chi connectivity index (χ1n) is 9.81. The smallest absolute Gasteiger partial charge is 0.339 e. The van der Waals surface area contributed by atoms with Crippen LogP contribution in [0.25, 0.3) is 11.0 Å². The predicted molar refractivity (Wildman–Crippen MR) is 118 cm³/mol. The number of benzene rings is 2. The maximum atomic E-state index is 12.5. The van der Waals surface area contributed by atoms with Gasteiger partial charge in [-0.2, -0.15) is 0 Å². The Hall–Kier alpha value is -3.00. The van der Waals surface area contributed by atoms with Crippen LogP contribution in [0.3, 0.4) is 0 Å². The van der Waals surface area contributed by atoms with Gasteiger partial charge in [-0.25, -0.2) is 9.59 Å². The number of fused-ring (bicyclic) bond motifs is 1. The van der Waals surface area contributed by atoms with E-state index < -0.39 is 5.97 Å². The van der Waals surface area contributed by atoms with Gasteiger partial charge in [-0.05, 0) is 44.5 Å². The van der Waals surface area contributed by atoms with Crippen molar-refractivity contribution in [1.29, 1.82) is 0 Å². The third-order valence-corrected chi connectivity index (χ3v) is 5.43. The fraction of sp³-hybridized carbons (Fsp3) is 0.318. The second-order valence-electron chi connectivity index (χ2n) is 7.10. The predicted octanol–water partition coefficient (Wildman–Crippen LogP) is 3.19. The van der Waals surface area contributed by atoms with Crippen molar-refractivity contribution in [2.24, 2.45) is 0 Å². The normalized spacial score (nSPS) is 11.0. The second kappa shape index (κ2) is 10.2. The van der Waals surface area contributed by atoms with E-state index in [-0.39, 0.29) is 30.0 Å². The molecule has 0 atom stereocenters. The van der Waals surface area contributed by atoms with Crippen molar-refractivity contribution in [2.45, 2.75) is 37.8 Å². The van der Waals surface area contributed by atoms with E-state index in [0.29, 0.717) is 23.4 Å². The summed E-state index contributed by atoms with van der Waals surface area (Å²) < 4.78 is 7.05. The number of hydrogen-bond acceptors (Lipinski definition) is 5. The molecule has 2 N–H and O–H groups in total. The third-order valence-electron chi connectivity index (χ3n) is 4.36. The van der Waals surface area contributed by atoms with Gasteiger partial charge in [0.2, 0.25) is 5.91 Å². The Kier molecular flexibility index (Phi) is 7.35. The van der Waals surface area contributed by atoms with E-state index in [1.807, 2.05) is 44.2 Å². The molecule has 158 valence electrons. The minimum atomic E-state index is -0.436. The zero-order chi connectivity index (χ0) is 21.5. The van der Waals surface area contributed by atoms with E-state index in [0.717, 1.165) is 11.0 Å². The highest BCUT2D eigenvalue weighted by Crippen LogP contribution is 2.23. The molecule has 0 radical (unpaired) electrons. The van der Waals surface area contributed by atoms with Crippen LogP contribution in [0.4, 0.5) is 0 Å². The molecule has 30 heavy (non-hydrogen) atoms. The van der Waals surface area contributed by atoms with Crippen LogP contribution in [-0.4, -0.2) is 39.8 Å². The first-order chi connectivity index (χ1) is 14.5. The Morgan fingerprint density at radius 1 is 1.13 bits per heavy atom. The van der Waals surface area contributed by atoms with Gasteiger partial charge in [-0.15, -0.1) is 11.8 Å². The molecule has 0 saturated carbocycles. The summed E-state index contributed by atoms with van der Waals surface area (Å²) in [6, 6.07) is 14.6. The number of rotatable bonds is 9. The number of carbonyl (C=O) groups is 2. The molecule has 0 aliphatic rings. The lowest BCUT2D eigenvalue weighted by Gasteiger charge is -2.11. The molecule has 0 spiro atoms. The largest absolute Gasteiger partial charge is 0.462 e. The maximum Gasteiger partial charge on any atom is 0.339 e. The SMILES string of the molecule is CC(C)NC(=O)CSc1ccccc1C(=O)OCCCn1c(=O)[nH]c2ccccc21. The molecule has 3 aromatic rings. The summed E-state index contributed by atoms with van der Waals surface area (Å²) in [7, 11) is 0. The number of ether oxygens (including phenoxy) is 1. The molecule has 8 heteroatoms. The number of aromatic nitrogens is 2. The summed E-state index contributed by atoms with van der Waals surface area (Å²) >= 11 is 1.30. The molecule has 1 heterocycles. The van der Waals surface area contributed by atoms with Gasteiger partial charge < -0.3 is 15.0 Å². The van der Waals surface area contributed by atoms with E-state index in [4.69, 9.17) is 4.74 Å². The van der Waals surface area contributed by atoms with Gasteiger partial charge in [0.25, 0.3) is 0 Å². The van der Waals surface area contributed by atoms with Gasteiger partial charge in [0.15, 0.2) is 0 Å². The molecule has 0 aliphatic carbocycles. The highest BCUT2D eigenvalue weighted by Gasteiger charge is 2.14. The zero-order valence-electron chi connectivity index (χ0n) is 17.0. The maximum absolute atomic E-state index is 12.5. The first kappa shape index (κ1) is 21.7. The van der Waals surface area contributed by atoms with Gasteiger partial charge >= 0.3 is 11.7 Å². The second-order valence-corrected chi connectivity index (χ2v) is 8.11. The van der Waals surface area contributed by atoms with Crippen LogP contribution in [0.15, 0.2) is 58.2 Å². The average Bonchev–Trinajstić information content (AvgIpc) is 3.04. The molecule has 0 saturated heterocycles. The van der Waals surface area contributed by atoms with Crippen LogP contribution >= 0.6 is 11.8 Å². The summed E-state index contributed by atoms with van der Waals surface area (Å²) in [6.07, 6.45) is 0.513. The van der Waals surface area contributed by atoms with Crippen LogP contribution in [0, 0.1) is 0 Å². The summed E-state index contributed by atoms with van der Waals surface area (Å²) in [5.74, 6) is -0.289. The van der Waals surface area contributed by atoms with Crippen LogP contribution < -0.4 is 11.0 Å². The Balaban J connectivity index is 1.54. The fourth-order valence-electron chi connectivity index (χ4n) is 3.06. The van der Waals surface area contributed by atoms with Gasteiger partial charge in [0.05, 0.1) is 29.0 Å². The van der Waals surface area contributed by atoms with Gasteiger partial charge in [-0.3, -0.25) is 9.36 Å². The van der Waals surface area contributed by atoms with Gasteiger partial charge in [0, 0.05) is 17.5 Å². The van der Waals surface area contributed by atoms with Crippen LogP contribution in [0.1, 0.15) is 30.6 Å². The molecule has 1 amide bonds. The van der Waals surface area contributed by atoms with Crippen LogP contribution in [-0.2, 0) is 16.1 Å². The van der Waals surface area contributed by atoms with Crippen molar-refractivity contribution in [3.05, 3.63) is 64.6 Å². The Morgan fingerprint density at radius 2 is 1.87 bits per heavy atom. The lowest BCUT2D eigenvalue weighted by atomic mass is 10.2. The minimum absolute atomic E-state index is 0.0722. The molecular weight excluding hydrogens is 402 g/mol. The molecule has 0 unspecified atom stereocenters. The standard InChI is InChI=1S/C22H25N3O4S/c1-15(2)23-20(26)14-30-19-11-6-3-8-16(19)21(27)29-13-7-12-25-18-10-5-4-9-17(18)24-22(25)28/h3-6,8-11,15H,7,12-14H2,1-2H3,(H,23,26)(H,24,28). The highest BCUT2D eigenvalue weighted by molar-refractivity contribution is 8.00. The van der Waals surface area contributed by atoms with Gasteiger partial charge in [-0.1, -0.05) is 24.3 Å². The molecule has 7 nitrogen and oxygen atoms in total. The Morgan fingerprint density at radius 3 is 2.67 bits per heavy atom. The van der Waals surface area contributed by atoms with Crippen molar-refractivity contribution in [1.82, 2.24) is 14.9 Å². The molecule has 1 aromatic heterocycles. The van der Waals surface area contributed by atoms with Crippen molar-refractivity contribution < 1.29 is 14.3 Å². The molecule has 3 rings (SSSR count). The van der Waals surface area contributed by atoms with E-state index in [1.165, 1.54) is 11.8 Å². The monoisotopic (exact) mass is 427 g/mol. The van der Waals surface area contributed by atoms with Crippen molar-refractivity contribution >= 4 is 34.7 Å². The topological polar surface area (TPSA) is 93.2 Å². The fourth-order valence-corrected chi connectivity index (χ4v) is 3.91. The summed E-state index contributed by atoms with van der Waals surface area (Å²) in [6.45, 7) is 4.44. The van der Waals surface area contributed by atoms with Crippen molar-refractivity contribution in [2.75, 3.05) is 12.4 Å². The van der Waals surface area contributed by atoms with E-state index in [2.05, 4.69) is 10.3 Å². The quantitative estimate of drug-likeness (QED) is 0.311. The molecule has 0 fully saturated rings. The number of nitrogens with one attached hydrogen (secondary N) is 2. The number of para-hydroxylation sites is 2. The third kappa shape index (κ3) is 5.54. The first-order valence-corrected chi connectivity index (χ1v) is 10.8. The molecule has 0 bridgehead atoms. The number of nitrogens with zero attached hydrogens (tertiary/aromatic N) is 1. The summed E-state index contributed by atoms with van der Waals surface area (Å²) in [5, 5.41) is 2.83. The number of thioether (sulfide) groups is 1. The highest BCUT2D eigenvalue weighted by atomic mass is 32.2. The van der Waals surface area contributed by atoms with Gasteiger partial charge in [0.1, 0.15) is 0 Å². The van der Waals surface area contributed by atoms with Crippen molar-refractivity contribution in [3.8, 4) is 0 Å². The minimum Gasteiger partial charge on any atom is -0.462 e. The lowest BCUT2D eigenvalue weighted by molar-refractivity contribution is -0.119. The summed E-state index contributed by atoms with van der Waals surface area (Å²) in [4.78, 5) is 40.0. The number of aryl methyl sites for hydroxylation is 1. The number of aromatic amines is 1. The van der Waals surface area contributed by atoms with Crippen LogP contribution in [0.2, 0.25) is 0 Å². The van der Waals surface area contributed by atoms with E-state index in [9.17, 15) is 14.4 Å². The Labute approximate surface area is 178 Å². The lowest BCUT2D eigenvalue weighted by Crippen LogP contribution is -2.31. The zero-order valence-corrected chi connectivity index (χ0v) is 17.8. The number of esters is 1. The van der Waals surface area contributed by atoms with E-state index in [1.54, 1.807) is 22.8 Å². The number of amides is 1. The number of carbonyl (C=O) groups excluding carboxylic acids is 2. The average molecular weight is 428 g/mol. The number of imidazole rings is 1. The Bertz CT molecular complexity index is 1090. The van der Waals surface area contributed by atoms with Crippen molar-refractivity contribution in [3.63, 3.8) is 0 Å². The van der Waals surface area contributed by atoms with Crippen LogP contribution in [0.5, 0.6) is 0 Å².